The Hall–Kier alpha value is -1.47. The molecule has 0 spiro atoms. The van der Waals surface area contributed by atoms with Gasteiger partial charge in [0.15, 0.2) is 5.82 Å². The standard InChI is InChI=1S/C17H31N5O2/c1-12(13-7-6-8-18-10-13)9-14(23)20-17(2,3)16-19-15(24-21-16)11-22(4)5/h12-13,18H,6-11H2,1-5H3,(H,20,23). The maximum Gasteiger partial charge on any atom is 0.240 e. The van der Waals surface area contributed by atoms with Crippen LogP contribution in [-0.2, 0) is 16.9 Å². The van der Waals surface area contributed by atoms with Crippen LogP contribution in [0.4, 0.5) is 0 Å². The van der Waals surface area contributed by atoms with Gasteiger partial charge in [-0.3, -0.25) is 4.79 Å². The van der Waals surface area contributed by atoms with Crippen molar-refractivity contribution < 1.29 is 9.32 Å². The molecular formula is C17H31N5O2. The van der Waals surface area contributed by atoms with Crippen LogP contribution >= 0.6 is 0 Å². The SMILES string of the molecule is CC(CC(=O)NC(C)(C)c1noc(CN(C)C)n1)C1CCCNC1. The van der Waals surface area contributed by atoms with Gasteiger partial charge < -0.3 is 20.1 Å². The Labute approximate surface area is 144 Å². The van der Waals surface area contributed by atoms with E-state index in [1.807, 2.05) is 32.8 Å². The van der Waals surface area contributed by atoms with Gasteiger partial charge in [-0.15, -0.1) is 0 Å². The monoisotopic (exact) mass is 337 g/mol. The molecule has 1 aromatic heterocycles. The van der Waals surface area contributed by atoms with Gasteiger partial charge in [0.05, 0.1) is 12.1 Å². The molecule has 1 aliphatic heterocycles. The van der Waals surface area contributed by atoms with Crippen molar-refractivity contribution in [1.29, 1.82) is 0 Å². The van der Waals surface area contributed by atoms with E-state index in [-0.39, 0.29) is 5.91 Å². The zero-order valence-electron chi connectivity index (χ0n) is 15.6. The first-order valence-corrected chi connectivity index (χ1v) is 8.77. The highest BCUT2D eigenvalue weighted by atomic mass is 16.5. The fourth-order valence-electron chi connectivity index (χ4n) is 3.12. The second-order valence-corrected chi connectivity index (χ2v) is 7.71. The summed E-state index contributed by atoms with van der Waals surface area (Å²) in [6.45, 7) is 8.66. The van der Waals surface area contributed by atoms with Crippen LogP contribution in [-0.4, -0.2) is 48.1 Å². The topological polar surface area (TPSA) is 83.3 Å². The summed E-state index contributed by atoms with van der Waals surface area (Å²) < 4.78 is 5.26. The van der Waals surface area contributed by atoms with Crippen LogP contribution in [0.15, 0.2) is 4.52 Å². The van der Waals surface area contributed by atoms with Gasteiger partial charge in [0.2, 0.25) is 11.8 Å². The summed E-state index contributed by atoms with van der Waals surface area (Å²) >= 11 is 0. The van der Waals surface area contributed by atoms with E-state index in [1.54, 1.807) is 0 Å². The van der Waals surface area contributed by atoms with Crippen molar-refractivity contribution in [2.45, 2.75) is 52.1 Å². The minimum atomic E-state index is -0.643. The third kappa shape index (κ3) is 5.27. The number of aromatic nitrogens is 2. The summed E-state index contributed by atoms with van der Waals surface area (Å²) in [5.74, 6) is 2.04. The van der Waals surface area contributed by atoms with Crippen molar-refractivity contribution in [3.63, 3.8) is 0 Å². The lowest BCUT2D eigenvalue weighted by atomic mass is 9.85. The largest absolute Gasteiger partial charge is 0.344 e. The third-order valence-corrected chi connectivity index (χ3v) is 4.58. The highest BCUT2D eigenvalue weighted by Crippen LogP contribution is 2.24. The van der Waals surface area contributed by atoms with E-state index in [9.17, 15) is 4.79 Å². The summed E-state index contributed by atoms with van der Waals surface area (Å²) in [6, 6.07) is 0. The average molecular weight is 337 g/mol. The Bertz CT molecular complexity index is 535. The number of nitrogens with one attached hydrogen (secondary N) is 2. The summed E-state index contributed by atoms with van der Waals surface area (Å²) in [5, 5.41) is 10.5. The second-order valence-electron chi connectivity index (χ2n) is 7.71. The van der Waals surface area contributed by atoms with Crippen molar-refractivity contribution in [3.05, 3.63) is 11.7 Å². The molecule has 1 aliphatic rings. The minimum absolute atomic E-state index is 0.0389. The smallest absolute Gasteiger partial charge is 0.240 e. The normalized spacial score (nSPS) is 20.2. The first-order valence-electron chi connectivity index (χ1n) is 8.77. The zero-order chi connectivity index (χ0) is 17.7. The molecule has 2 N–H and O–H groups in total. The number of carbonyl (C=O) groups is 1. The minimum Gasteiger partial charge on any atom is -0.344 e. The number of nitrogens with zero attached hydrogens (tertiary/aromatic N) is 3. The number of amides is 1. The van der Waals surface area contributed by atoms with Crippen LogP contribution < -0.4 is 10.6 Å². The molecule has 0 radical (unpaired) electrons. The van der Waals surface area contributed by atoms with E-state index >= 15 is 0 Å². The lowest BCUT2D eigenvalue weighted by molar-refractivity contribution is -0.124. The molecule has 7 nitrogen and oxygen atoms in total. The molecule has 136 valence electrons. The number of hydrogen-bond acceptors (Lipinski definition) is 6. The molecule has 24 heavy (non-hydrogen) atoms. The Kier molecular flexibility index (Phi) is 6.34. The molecule has 2 unspecified atom stereocenters. The number of hydrogen-bond donors (Lipinski definition) is 2. The molecule has 1 fully saturated rings. The van der Waals surface area contributed by atoms with Crippen molar-refractivity contribution in [1.82, 2.24) is 25.7 Å². The van der Waals surface area contributed by atoms with E-state index in [2.05, 4.69) is 27.7 Å². The molecule has 0 bridgehead atoms. The molecule has 2 heterocycles. The number of piperidine rings is 1. The highest BCUT2D eigenvalue weighted by Gasteiger charge is 2.30. The molecule has 0 aliphatic carbocycles. The Morgan fingerprint density at radius 1 is 1.50 bits per heavy atom. The molecular weight excluding hydrogens is 306 g/mol. The molecule has 0 aromatic carbocycles. The quantitative estimate of drug-likeness (QED) is 0.785. The molecule has 1 saturated heterocycles. The van der Waals surface area contributed by atoms with Crippen LogP contribution in [0, 0.1) is 11.8 Å². The molecule has 0 saturated carbocycles. The van der Waals surface area contributed by atoms with Gasteiger partial charge in [-0.05, 0) is 65.7 Å². The first kappa shape index (κ1) is 18.9. The van der Waals surface area contributed by atoms with Crippen LogP contribution in [0.5, 0.6) is 0 Å². The Balaban J connectivity index is 1.90. The first-order chi connectivity index (χ1) is 11.3. The van der Waals surface area contributed by atoms with Crippen LogP contribution in [0.25, 0.3) is 0 Å². The van der Waals surface area contributed by atoms with Gasteiger partial charge in [-0.1, -0.05) is 12.1 Å². The predicted molar refractivity (Wildman–Crippen MR) is 92.2 cm³/mol. The van der Waals surface area contributed by atoms with E-state index in [0.717, 1.165) is 13.1 Å². The fraction of sp³-hybridized carbons (Fsp3) is 0.824. The predicted octanol–water partition coefficient (Wildman–Crippen LogP) is 1.51. The molecule has 1 aromatic rings. The summed E-state index contributed by atoms with van der Waals surface area (Å²) in [6.07, 6.45) is 2.92. The van der Waals surface area contributed by atoms with Crippen molar-refractivity contribution in [3.8, 4) is 0 Å². The third-order valence-electron chi connectivity index (χ3n) is 4.58. The van der Waals surface area contributed by atoms with Crippen LogP contribution in [0.2, 0.25) is 0 Å². The zero-order valence-corrected chi connectivity index (χ0v) is 15.6. The van der Waals surface area contributed by atoms with Gasteiger partial charge in [-0.2, -0.15) is 4.98 Å². The molecule has 2 atom stereocenters. The van der Waals surface area contributed by atoms with Gasteiger partial charge in [0.25, 0.3) is 0 Å². The van der Waals surface area contributed by atoms with Crippen molar-refractivity contribution >= 4 is 5.91 Å². The van der Waals surface area contributed by atoms with E-state index in [0.29, 0.717) is 36.5 Å². The van der Waals surface area contributed by atoms with Crippen LogP contribution in [0.1, 0.15) is 51.7 Å². The molecule has 1 amide bonds. The maximum absolute atomic E-state index is 12.4. The van der Waals surface area contributed by atoms with Crippen LogP contribution in [0.3, 0.4) is 0 Å². The summed E-state index contributed by atoms with van der Waals surface area (Å²) in [4.78, 5) is 18.8. The lowest BCUT2D eigenvalue weighted by Crippen LogP contribution is -2.43. The van der Waals surface area contributed by atoms with Crippen molar-refractivity contribution in [2.24, 2.45) is 11.8 Å². The number of rotatable bonds is 7. The maximum atomic E-state index is 12.4. The summed E-state index contributed by atoms with van der Waals surface area (Å²) in [7, 11) is 3.89. The molecule has 2 rings (SSSR count). The highest BCUT2D eigenvalue weighted by molar-refractivity contribution is 5.77. The summed E-state index contributed by atoms with van der Waals surface area (Å²) in [5.41, 5.74) is -0.643. The number of carbonyl (C=O) groups excluding carboxylic acids is 1. The van der Waals surface area contributed by atoms with E-state index < -0.39 is 5.54 Å². The lowest BCUT2D eigenvalue weighted by Gasteiger charge is -2.29. The molecule has 7 heteroatoms. The van der Waals surface area contributed by atoms with Crippen molar-refractivity contribution in [2.75, 3.05) is 27.2 Å². The average Bonchev–Trinajstić information content (AvgIpc) is 2.96. The Morgan fingerprint density at radius 3 is 2.88 bits per heavy atom. The van der Waals surface area contributed by atoms with Gasteiger partial charge in [0.1, 0.15) is 0 Å². The van der Waals surface area contributed by atoms with E-state index in [1.165, 1.54) is 12.8 Å². The van der Waals surface area contributed by atoms with Gasteiger partial charge in [0, 0.05) is 6.42 Å². The van der Waals surface area contributed by atoms with Gasteiger partial charge in [-0.25, -0.2) is 0 Å². The fourth-order valence-corrected chi connectivity index (χ4v) is 3.12. The second kappa shape index (κ2) is 8.07. The van der Waals surface area contributed by atoms with Gasteiger partial charge >= 0.3 is 0 Å². The Morgan fingerprint density at radius 2 is 2.25 bits per heavy atom. The van der Waals surface area contributed by atoms with E-state index in [4.69, 9.17) is 4.52 Å².